The lowest BCUT2D eigenvalue weighted by molar-refractivity contribution is 0.146. The van der Waals surface area contributed by atoms with Gasteiger partial charge < -0.3 is 4.74 Å². The van der Waals surface area contributed by atoms with Gasteiger partial charge in [-0.25, -0.2) is 8.78 Å². The first-order valence-corrected chi connectivity index (χ1v) is 3.91. The summed E-state index contributed by atoms with van der Waals surface area (Å²) in [6.07, 6.45) is 0.00771. The van der Waals surface area contributed by atoms with E-state index < -0.39 is 6.43 Å². The van der Waals surface area contributed by atoms with Crippen LogP contribution in [0.15, 0.2) is 16.9 Å². The molecule has 0 atom stereocenters. The van der Waals surface area contributed by atoms with E-state index in [1.165, 1.54) is 19.5 Å². The van der Waals surface area contributed by atoms with Crippen molar-refractivity contribution in [2.75, 3.05) is 7.11 Å². The van der Waals surface area contributed by atoms with Gasteiger partial charge in [-0.15, -0.1) is 0 Å². The van der Waals surface area contributed by atoms with Gasteiger partial charge in [-0.2, -0.15) is 0 Å². The molecule has 12 heavy (non-hydrogen) atoms. The molecule has 0 unspecified atom stereocenters. The lowest BCUT2D eigenvalue weighted by Crippen LogP contribution is -1.94. The summed E-state index contributed by atoms with van der Waals surface area (Å²) < 4.78 is 29.7. The Kier molecular flexibility index (Phi) is 2.97. The highest BCUT2D eigenvalue weighted by Gasteiger charge is 2.17. The van der Waals surface area contributed by atoms with Crippen molar-refractivity contribution in [3.63, 3.8) is 0 Å². The predicted octanol–water partition coefficient (Wildman–Crippen LogP) is 2.79. The molecule has 0 aliphatic carbocycles. The quantitative estimate of drug-likeness (QED) is 0.790. The average Bonchev–Trinajstić information content (AvgIpc) is 2.03. The number of halogens is 3. The molecule has 0 bridgehead atoms. The third-order valence-electron chi connectivity index (χ3n) is 1.34. The van der Waals surface area contributed by atoms with Gasteiger partial charge in [-0.3, -0.25) is 4.98 Å². The molecule has 0 amide bonds. The molecular weight excluding hydrogens is 232 g/mol. The van der Waals surface area contributed by atoms with E-state index in [-0.39, 0.29) is 15.8 Å². The van der Waals surface area contributed by atoms with Crippen molar-refractivity contribution < 1.29 is 13.5 Å². The van der Waals surface area contributed by atoms with Gasteiger partial charge in [0, 0.05) is 10.7 Å². The van der Waals surface area contributed by atoms with Crippen LogP contribution in [0.2, 0.25) is 0 Å². The number of aromatic nitrogens is 1. The standard InChI is InChI=1S/C7H6BrF2NO/c1-12-5-3-11-2-4(8)6(5)7(9)10/h2-3,7H,1H3. The highest BCUT2D eigenvalue weighted by Crippen LogP contribution is 2.33. The number of hydrogen-bond donors (Lipinski definition) is 0. The minimum Gasteiger partial charge on any atom is -0.495 e. The van der Waals surface area contributed by atoms with Gasteiger partial charge in [0.15, 0.2) is 0 Å². The summed E-state index contributed by atoms with van der Waals surface area (Å²) >= 11 is 2.97. The van der Waals surface area contributed by atoms with E-state index in [2.05, 4.69) is 20.9 Å². The van der Waals surface area contributed by atoms with Gasteiger partial charge in [-0.05, 0) is 15.9 Å². The molecule has 0 aliphatic heterocycles. The second-order valence-corrected chi connectivity index (χ2v) is 2.89. The molecule has 1 aromatic heterocycles. The SMILES string of the molecule is COc1cncc(Br)c1C(F)F. The fourth-order valence-corrected chi connectivity index (χ4v) is 1.29. The van der Waals surface area contributed by atoms with Gasteiger partial charge in [0.25, 0.3) is 6.43 Å². The Labute approximate surface area is 76.7 Å². The molecule has 0 radical (unpaired) electrons. The minimum absolute atomic E-state index is 0.0966. The second kappa shape index (κ2) is 3.80. The molecule has 2 nitrogen and oxygen atoms in total. The molecule has 0 aliphatic rings. The van der Waals surface area contributed by atoms with Crippen LogP contribution in [0.4, 0.5) is 8.78 Å². The Morgan fingerprint density at radius 1 is 1.50 bits per heavy atom. The van der Waals surface area contributed by atoms with Crippen LogP contribution in [-0.2, 0) is 0 Å². The zero-order chi connectivity index (χ0) is 9.14. The topological polar surface area (TPSA) is 22.1 Å². The molecule has 1 rings (SSSR count). The van der Waals surface area contributed by atoms with E-state index in [0.717, 1.165) is 0 Å². The number of pyridine rings is 1. The van der Waals surface area contributed by atoms with Crippen LogP contribution in [-0.4, -0.2) is 12.1 Å². The molecular formula is C7H6BrF2NO. The summed E-state index contributed by atoms with van der Waals surface area (Å²) in [6, 6.07) is 0. The smallest absolute Gasteiger partial charge is 0.268 e. The normalized spacial score (nSPS) is 10.4. The molecule has 5 heteroatoms. The lowest BCUT2D eigenvalue weighted by Gasteiger charge is -2.07. The second-order valence-electron chi connectivity index (χ2n) is 2.04. The van der Waals surface area contributed by atoms with Crippen LogP contribution in [0.1, 0.15) is 12.0 Å². The number of hydrogen-bond acceptors (Lipinski definition) is 2. The first-order chi connectivity index (χ1) is 5.66. The summed E-state index contributed by atoms with van der Waals surface area (Å²) in [6.45, 7) is 0. The number of alkyl halides is 2. The third kappa shape index (κ3) is 1.72. The molecule has 1 aromatic rings. The molecule has 0 fully saturated rings. The monoisotopic (exact) mass is 237 g/mol. The maximum Gasteiger partial charge on any atom is 0.268 e. The van der Waals surface area contributed by atoms with Gasteiger partial charge in [0.05, 0.1) is 18.9 Å². The molecule has 0 saturated heterocycles. The molecule has 1 heterocycles. The molecule has 0 aromatic carbocycles. The number of rotatable bonds is 2. The summed E-state index contributed by atoms with van der Waals surface area (Å²) in [5.74, 6) is 0.0966. The van der Waals surface area contributed by atoms with Crippen LogP contribution in [0.25, 0.3) is 0 Å². The Bertz CT molecular complexity index is 280. The highest BCUT2D eigenvalue weighted by atomic mass is 79.9. The molecule has 0 spiro atoms. The van der Waals surface area contributed by atoms with Gasteiger partial charge in [0.1, 0.15) is 5.75 Å². The largest absolute Gasteiger partial charge is 0.495 e. The highest BCUT2D eigenvalue weighted by molar-refractivity contribution is 9.10. The summed E-state index contributed by atoms with van der Waals surface area (Å²) in [5.41, 5.74) is -0.160. The molecule has 0 N–H and O–H groups in total. The van der Waals surface area contributed by atoms with Crippen LogP contribution < -0.4 is 4.74 Å². The van der Waals surface area contributed by atoms with E-state index >= 15 is 0 Å². The van der Waals surface area contributed by atoms with Crippen molar-refractivity contribution in [2.24, 2.45) is 0 Å². The predicted molar refractivity (Wildman–Crippen MR) is 43.4 cm³/mol. The summed E-state index contributed by atoms with van der Waals surface area (Å²) in [7, 11) is 1.33. The maximum absolute atomic E-state index is 12.3. The van der Waals surface area contributed by atoms with Crippen molar-refractivity contribution in [3.05, 3.63) is 22.4 Å². The van der Waals surface area contributed by atoms with Gasteiger partial charge in [-0.1, -0.05) is 0 Å². The van der Waals surface area contributed by atoms with E-state index in [1.54, 1.807) is 0 Å². The Morgan fingerprint density at radius 3 is 2.58 bits per heavy atom. The molecule has 66 valence electrons. The first kappa shape index (κ1) is 9.38. The number of nitrogens with zero attached hydrogens (tertiary/aromatic N) is 1. The fourth-order valence-electron chi connectivity index (χ4n) is 0.802. The zero-order valence-electron chi connectivity index (χ0n) is 6.22. The number of ether oxygens (including phenoxy) is 1. The first-order valence-electron chi connectivity index (χ1n) is 3.12. The van der Waals surface area contributed by atoms with Crippen LogP contribution >= 0.6 is 15.9 Å². The van der Waals surface area contributed by atoms with E-state index in [1.807, 2.05) is 0 Å². The van der Waals surface area contributed by atoms with Crippen LogP contribution in [0.3, 0.4) is 0 Å². The average molecular weight is 238 g/mol. The lowest BCUT2D eigenvalue weighted by atomic mass is 10.2. The van der Waals surface area contributed by atoms with Crippen molar-refractivity contribution in [3.8, 4) is 5.75 Å². The minimum atomic E-state index is -2.56. The van der Waals surface area contributed by atoms with Crippen LogP contribution in [0, 0.1) is 0 Å². The Balaban J connectivity index is 3.20. The van der Waals surface area contributed by atoms with Crippen molar-refractivity contribution in [2.45, 2.75) is 6.43 Å². The summed E-state index contributed by atoms with van der Waals surface area (Å²) in [4.78, 5) is 3.69. The van der Waals surface area contributed by atoms with Crippen molar-refractivity contribution in [1.29, 1.82) is 0 Å². The van der Waals surface area contributed by atoms with E-state index in [4.69, 9.17) is 4.74 Å². The maximum atomic E-state index is 12.3. The van der Waals surface area contributed by atoms with E-state index in [0.29, 0.717) is 0 Å². The number of methoxy groups -OCH3 is 1. The molecule has 0 saturated carbocycles. The van der Waals surface area contributed by atoms with Crippen molar-refractivity contribution >= 4 is 15.9 Å². The summed E-state index contributed by atoms with van der Waals surface area (Å²) in [5, 5.41) is 0. The van der Waals surface area contributed by atoms with Crippen molar-refractivity contribution in [1.82, 2.24) is 4.98 Å². The van der Waals surface area contributed by atoms with Crippen LogP contribution in [0.5, 0.6) is 5.75 Å². The van der Waals surface area contributed by atoms with Gasteiger partial charge in [0.2, 0.25) is 0 Å². The Morgan fingerprint density at radius 2 is 2.17 bits per heavy atom. The van der Waals surface area contributed by atoms with E-state index in [9.17, 15) is 8.78 Å². The van der Waals surface area contributed by atoms with Gasteiger partial charge >= 0.3 is 0 Å². The Hall–Kier alpha value is -0.710. The zero-order valence-corrected chi connectivity index (χ0v) is 7.81. The fraction of sp³-hybridized carbons (Fsp3) is 0.286. The third-order valence-corrected chi connectivity index (χ3v) is 1.97.